The summed E-state index contributed by atoms with van der Waals surface area (Å²) in [6.07, 6.45) is 4.11. The number of nitrogens with one attached hydrogen (secondary N) is 1. The van der Waals surface area contributed by atoms with Crippen molar-refractivity contribution < 1.29 is 0 Å². The van der Waals surface area contributed by atoms with Gasteiger partial charge >= 0.3 is 0 Å². The Morgan fingerprint density at radius 3 is 2.57 bits per heavy atom. The number of rotatable bonds is 5. The Balaban J connectivity index is 2.55. The molecular weight excluding hydrogens is 190 g/mol. The van der Waals surface area contributed by atoms with E-state index in [1.165, 1.54) is 25.0 Å². The van der Waals surface area contributed by atoms with Gasteiger partial charge < -0.3 is 5.32 Å². The third-order valence-corrected chi connectivity index (χ3v) is 4.78. The van der Waals surface area contributed by atoms with Gasteiger partial charge in [0.15, 0.2) is 0 Å². The average molecular weight is 215 g/mol. The van der Waals surface area contributed by atoms with E-state index in [0.717, 1.165) is 12.5 Å². The van der Waals surface area contributed by atoms with Crippen molar-refractivity contribution in [3.05, 3.63) is 0 Å². The lowest BCUT2D eigenvalue weighted by molar-refractivity contribution is 0.348. The van der Waals surface area contributed by atoms with Crippen molar-refractivity contribution in [1.82, 2.24) is 5.32 Å². The molecule has 1 fully saturated rings. The van der Waals surface area contributed by atoms with Crippen LogP contribution in [0.4, 0.5) is 0 Å². The van der Waals surface area contributed by atoms with Gasteiger partial charge in [-0.1, -0.05) is 20.8 Å². The summed E-state index contributed by atoms with van der Waals surface area (Å²) in [5.41, 5.74) is 0. The van der Waals surface area contributed by atoms with Crippen LogP contribution in [0.15, 0.2) is 0 Å². The van der Waals surface area contributed by atoms with Gasteiger partial charge in [0.1, 0.15) is 0 Å². The molecular formula is C12H25NS. The predicted octanol–water partition coefficient (Wildman–Crippen LogP) is 3.30. The summed E-state index contributed by atoms with van der Waals surface area (Å²) in [7, 11) is 0. The van der Waals surface area contributed by atoms with Crippen molar-refractivity contribution in [2.24, 2.45) is 5.92 Å². The first-order valence-electron chi connectivity index (χ1n) is 5.96. The van der Waals surface area contributed by atoms with E-state index in [1.54, 1.807) is 0 Å². The summed E-state index contributed by atoms with van der Waals surface area (Å²) < 4.78 is 0.500. The second-order valence-corrected chi connectivity index (χ2v) is 6.63. The lowest BCUT2D eigenvalue weighted by Gasteiger charge is -2.35. The molecule has 14 heavy (non-hydrogen) atoms. The minimum absolute atomic E-state index is 0.500. The highest BCUT2D eigenvalue weighted by Crippen LogP contribution is 2.42. The van der Waals surface area contributed by atoms with Crippen LogP contribution in [0.2, 0.25) is 0 Å². The molecule has 1 rings (SSSR count). The summed E-state index contributed by atoms with van der Waals surface area (Å²) >= 11 is 2.17. The molecule has 2 heteroatoms. The van der Waals surface area contributed by atoms with Crippen molar-refractivity contribution in [2.45, 2.75) is 57.7 Å². The van der Waals surface area contributed by atoms with Gasteiger partial charge in [-0.25, -0.2) is 0 Å². The first kappa shape index (κ1) is 12.4. The topological polar surface area (TPSA) is 12.0 Å². The maximum absolute atomic E-state index is 3.68. The fraction of sp³-hybridized carbons (Fsp3) is 1.00. The largest absolute Gasteiger partial charge is 0.313 e. The highest BCUT2D eigenvalue weighted by atomic mass is 32.2. The highest BCUT2D eigenvalue weighted by molar-refractivity contribution is 8.00. The molecule has 0 amide bonds. The van der Waals surface area contributed by atoms with Crippen molar-refractivity contribution in [1.29, 1.82) is 0 Å². The van der Waals surface area contributed by atoms with Crippen LogP contribution in [-0.4, -0.2) is 23.1 Å². The number of hydrogen-bond donors (Lipinski definition) is 1. The quantitative estimate of drug-likeness (QED) is 0.755. The highest BCUT2D eigenvalue weighted by Gasteiger charge is 2.37. The van der Waals surface area contributed by atoms with Gasteiger partial charge in [-0.15, -0.1) is 0 Å². The molecule has 0 spiro atoms. The summed E-state index contributed by atoms with van der Waals surface area (Å²) in [4.78, 5) is 0. The van der Waals surface area contributed by atoms with Gasteiger partial charge in [-0.3, -0.25) is 0 Å². The Kier molecular flexibility index (Phi) is 4.78. The lowest BCUT2D eigenvalue weighted by Crippen LogP contribution is -2.45. The molecule has 1 N–H and O–H groups in total. The molecule has 1 saturated heterocycles. The Hall–Kier alpha value is 0.310. The fourth-order valence-corrected chi connectivity index (χ4v) is 3.77. The van der Waals surface area contributed by atoms with Crippen molar-refractivity contribution >= 4 is 11.8 Å². The molecule has 84 valence electrons. The zero-order valence-electron chi connectivity index (χ0n) is 10.1. The van der Waals surface area contributed by atoms with Crippen molar-refractivity contribution in [3.8, 4) is 0 Å². The van der Waals surface area contributed by atoms with E-state index >= 15 is 0 Å². The third-order valence-electron chi connectivity index (χ3n) is 3.14. The van der Waals surface area contributed by atoms with Crippen LogP contribution in [0.1, 0.15) is 47.0 Å². The maximum Gasteiger partial charge on any atom is 0.0285 e. The van der Waals surface area contributed by atoms with Crippen LogP contribution >= 0.6 is 11.8 Å². The Morgan fingerprint density at radius 2 is 2.14 bits per heavy atom. The zero-order chi connectivity index (χ0) is 10.6. The van der Waals surface area contributed by atoms with Crippen LogP contribution in [0.5, 0.6) is 0 Å². The van der Waals surface area contributed by atoms with Crippen LogP contribution in [0, 0.1) is 5.92 Å². The molecule has 2 atom stereocenters. The number of thioether (sulfide) groups is 1. The Morgan fingerprint density at radius 1 is 1.43 bits per heavy atom. The van der Waals surface area contributed by atoms with Gasteiger partial charge in [-0.2, -0.15) is 11.8 Å². The minimum atomic E-state index is 0.500. The van der Waals surface area contributed by atoms with Crippen LogP contribution < -0.4 is 5.32 Å². The van der Waals surface area contributed by atoms with Gasteiger partial charge in [0.25, 0.3) is 0 Å². The van der Waals surface area contributed by atoms with E-state index in [2.05, 4.69) is 44.8 Å². The van der Waals surface area contributed by atoms with Crippen molar-refractivity contribution in [3.63, 3.8) is 0 Å². The van der Waals surface area contributed by atoms with Gasteiger partial charge in [0, 0.05) is 10.8 Å². The summed E-state index contributed by atoms with van der Waals surface area (Å²) in [6, 6.07) is 0.708. The molecule has 0 aromatic heterocycles. The minimum Gasteiger partial charge on any atom is -0.313 e. The number of hydrogen-bond acceptors (Lipinski definition) is 2. The summed E-state index contributed by atoms with van der Waals surface area (Å²) in [5.74, 6) is 2.16. The normalized spacial score (nSPS) is 29.8. The molecule has 0 aromatic rings. The second-order valence-electron chi connectivity index (χ2n) is 5.00. The summed E-state index contributed by atoms with van der Waals surface area (Å²) in [6.45, 7) is 10.4. The van der Waals surface area contributed by atoms with Gasteiger partial charge in [0.2, 0.25) is 0 Å². The maximum atomic E-state index is 3.68. The molecule has 1 heterocycles. The Labute approximate surface area is 93.4 Å². The smallest absolute Gasteiger partial charge is 0.0285 e. The van der Waals surface area contributed by atoms with Gasteiger partial charge in [0.05, 0.1) is 0 Å². The van der Waals surface area contributed by atoms with Crippen LogP contribution in [0.3, 0.4) is 0 Å². The molecule has 2 unspecified atom stereocenters. The van der Waals surface area contributed by atoms with Crippen LogP contribution in [-0.2, 0) is 0 Å². The van der Waals surface area contributed by atoms with E-state index in [9.17, 15) is 0 Å². The summed E-state index contributed by atoms with van der Waals surface area (Å²) in [5, 5.41) is 3.68. The Bertz CT molecular complexity index is 162. The lowest BCUT2D eigenvalue weighted by atomic mass is 9.89. The molecule has 1 aliphatic rings. The van der Waals surface area contributed by atoms with E-state index < -0.39 is 0 Å². The van der Waals surface area contributed by atoms with E-state index in [1.807, 2.05) is 0 Å². The SMILES string of the molecule is CCNC(CC(C)C)C1(C)CCCS1. The first-order valence-corrected chi connectivity index (χ1v) is 6.94. The molecule has 0 radical (unpaired) electrons. The van der Waals surface area contributed by atoms with E-state index in [0.29, 0.717) is 10.8 Å². The first-order chi connectivity index (χ1) is 6.58. The van der Waals surface area contributed by atoms with Crippen molar-refractivity contribution in [2.75, 3.05) is 12.3 Å². The fourth-order valence-electron chi connectivity index (χ4n) is 2.34. The molecule has 0 aromatic carbocycles. The molecule has 0 saturated carbocycles. The molecule has 0 aliphatic carbocycles. The predicted molar refractivity (Wildman–Crippen MR) is 67.0 cm³/mol. The molecule has 1 aliphatic heterocycles. The average Bonchev–Trinajstić information content (AvgIpc) is 2.52. The second kappa shape index (κ2) is 5.41. The third kappa shape index (κ3) is 3.16. The van der Waals surface area contributed by atoms with E-state index in [4.69, 9.17) is 0 Å². The zero-order valence-corrected chi connectivity index (χ0v) is 10.9. The van der Waals surface area contributed by atoms with Gasteiger partial charge in [-0.05, 0) is 44.4 Å². The van der Waals surface area contributed by atoms with Crippen LogP contribution in [0.25, 0.3) is 0 Å². The van der Waals surface area contributed by atoms with E-state index in [-0.39, 0.29) is 0 Å². The molecule has 0 bridgehead atoms. The standard InChI is InChI=1S/C12H25NS/c1-5-13-11(9-10(2)3)12(4)7-6-8-14-12/h10-11,13H,5-9H2,1-4H3. The monoisotopic (exact) mass is 215 g/mol. The molecule has 1 nitrogen and oxygen atoms in total.